The summed E-state index contributed by atoms with van der Waals surface area (Å²) in [5.74, 6) is -0.610. The molecule has 6 nitrogen and oxygen atoms in total. The summed E-state index contributed by atoms with van der Waals surface area (Å²) in [4.78, 5) is 23.0. The molecule has 0 spiro atoms. The van der Waals surface area contributed by atoms with Crippen LogP contribution in [0, 0.1) is 11.8 Å². The molecule has 2 amide bonds. The molecule has 0 radical (unpaired) electrons. The molecule has 3 N–H and O–H groups in total. The summed E-state index contributed by atoms with van der Waals surface area (Å²) in [6.07, 6.45) is 0.403. The summed E-state index contributed by atoms with van der Waals surface area (Å²) in [6, 6.07) is -1.46. The van der Waals surface area contributed by atoms with Crippen molar-refractivity contribution < 1.29 is 19.4 Å². The molecule has 118 valence electrons. The number of carbonyl (C=O) groups is 2. The van der Waals surface area contributed by atoms with E-state index in [0.717, 1.165) is 0 Å². The van der Waals surface area contributed by atoms with E-state index in [0.29, 0.717) is 19.6 Å². The fourth-order valence-electron chi connectivity index (χ4n) is 1.71. The van der Waals surface area contributed by atoms with E-state index in [2.05, 4.69) is 10.6 Å². The van der Waals surface area contributed by atoms with Crippen molar-refractivity contribution in [2.24, 2.45) is 11.8 Å². The second-order valence-electron chi connectivity index (χ2n) is 5.65. The number of hydrogen-bond acceptors (Lipinski definition) is 3. The van der Waals surface area contributed by atoms with Crippen LogP contribution in [-0.2, 0) is 9.53 Å². The first kappa shape index (κ1) is 18.7. The second-order valence-corrected chi connectivity index (χ2v) is 5.65. The van der Waals surface area contributed by atoms with Gasteiger partial charge in [-0.2, -0.15) is 0 Å². The van der Waals surface area contributed by atoms with Gasteiger partial charge in [-0.3, -0.25) is 0 Å². The van der Waals surface area contributed by atoms with Gasteiger partial charge >= 0.3 is 12.0 Å². The zero-order chi connectivity index (χ0) is 15.7. The van der Waals surface area contributed by atoms with Gasteiger partial charge in [0.2, 0.25) is 0 Å². The Morgan fingerprint density at radius 3 is 2.15 bits per heavy atom. The van der Waals surface area contributed by atoms with Crippen LogP contribution in [0.5, 0.6) is 0 Å². The van der Waals surface area contributed by atoms with Crippen LogP contribution in [0.15, 0.2) is 0 Å². The largest absolute Gasteiger partial charge is 0.480 e. The van der Waals surface area contributed by atoms with E-state index in [1.807, 2.05) is 34.6 Å². The van der Waals surface area contributed by atoms with Crippen LogP contribution in [-0.4, -0.2) is 42.4 Å². The Hall–Kier alpha value is -1.30. The number of carboxylic acids is 1. The molecule has 0 aliphatic rings. The van der Waals surface area contributed by atoms with Crippen LogP contribution in [0.4, 0.5) is 4.79 Å². The number of rotatable bonds is 9. The summed E-state index contributed by atoms with van der Waals surface area (Å²) in [6.45, 7) is 10.7. The summed E-state index contributed by atoms with van der Waals surface area (Å²) in [5.41, 5.74) is 0. The van der Waals surface area contributed by atoms with Crippen LogP contribution >= 0.6 is 0 Å². The molecule has 0 aromatic heterocycles. The minimum atomic E-state index is -1.01. The van der Waals surface area contributed by atoms with Gasteiger partial charge in [0.15, 0.2) is 0 Å². The van der Waals surface area contributed by atoms with Crippen molar-refractivity contribution in [3.8, 4) is 0 Å². The van der Waals surface area contributed by atoms with Gasteiger partial charge in [-0.25, -0.2) is 9.59 Å². The molecule has 6 heteroatoms. The lowest BCUT2D eigenvalue weighted by molar-refractivity contribution is -0.139. The maximum absolute atomic E-state index is 11.9. The van der Waals surface area contributed by atoms with E-state index in [9.17, 15) is 9.59 Å². The van der Waals surface area contributed by atoms with E-state index >= 15 is 0 Å². The van der Waals surface area contributed by atoms with Gasteiger partial charge < -0.3 is 20.5 Å². The van der Waals surface area contributed by atoms with Gasteiger partial charge in [-0.05, 0) is 25.2 Å². The third kappa shape index (κ3) is 7.99. The molecule has 0 bridgehead atoms. The number of ether oxygens (including phenoxy) is 1. The molecular formula is C14H28N2O4. The van der Waals surface area contributed by atoms with Gasteiger partial charge in [0, 0.05) is 6.61 Å². The molecule has 0 aromatic carbocycles. The van der Waals surface area contributed by atoms with Crippen LogP contribution in [0.25, 0.3) is 0 Å². The molecule has 0 aromatic rings. The van der Waals surface area contributed by atoms with Crippen molar-refractivity contribution in [3.63, 3.8) is 0 Å². The molecule has 0 aliphatic carbocycles. The third-order valence-electron chi connectivity index (χ3n) is 2.93. The minimum absolute atomic E-state index is 0.136. The summed E-state index contributed by atoms with van der Waals surface area (Å²) in [5, 5.41) is 14.4. The number of aliphatic carboxylic acids is 1. The van der Waals surface area contributed by atoms with Crippen molar-refractivity contribution in [1.82, 2.24) is 10.6 Å². The Labute approximate surface area is 121 Å². The number of nitrogens with one attached hydrogen (secondary N) is 2. The van der Waals surface area contributed by atoms with Crippen molar-refractivity contribution in [2.75, 3.05) is 13.2 Å². The zero-order valence-electron chi connectivity index (χ0n) is 13.1. The highest BCUT2D eigenvalue weighted by Crippen LogP contribution is 2.06. The Morgan fingerprint density at radius 2 is 1.75 bits per heavy atom. The molecule has 0 rings (SSSR count). The number of urea groups is 1. The highest BCUT2D eigenvalue weighted by Gasteiger charge is 2.23. The lowest BCUT2D eigenvalue weighted by Gasteiger charge is -2.24. The standard InChI is InChI=1S/C14H28N2O4/c1-6-20-8-12(10(4)5)16-14(19)15-11(13(17)18)7-9(2)3/h9-12H,6-8H2,1-5H3,(H,17,18)(H2,15,16,19)/t11-,12?/m0/s1. The van der Waals surface area contributed by atoms with Crippen molar-refractivity contribution in [1.29, 1.82) is 0 Å². The Morgan fingerprint density at radius 1 is 1.15 bits per heavy atom. The van der Waals surface area contributed by atoms with E-state index < -0.39 is 18.0 Å². The first-order valence-corrected chi connectivity index (χ1v) is 7.15. The number of amides is 2. The van der Waals surface area contributed by atoms with Gasteiger partial charge in [-0.1, -0.05) is 27.7 Å². The molecule has 0 heterocycles. The smallest absolute Gasteiger partial charge is 0.326 e. The maximum Gasteiger partial charge on any atom is 0.326 e. The van der Waals surface area contributed by atoms with E-state index in [4.69, 9.17) is 9.84 Å². The second kappa shape index (κ2) is 9.58. The topological polar surface area (TPSA) is 87.7 Å². The van der Waals surface area contributed by atoms with Crippen LogP contribution in [0.3, 0.4) is 0 Å². The van der Waals surface area contributed by atoms with E-state index in [1.54, 1.807) is 0 Å². The highest BCUT2D eigenvalue weighted by atomic mass is 16.5. The number of hydrogen-bond donors (Lipinski definition) is 3. The SMILES string of the molecule is CCOCC(NC(=O)N[C@@H](CC(C)C)C(=O)O)C(C)C. The summed E-state index contributed by atoms with van der Waals surface area (Å²) < 4.78 is 5.32. The number of carboxylic acid groups (broad SMARTS) is 1. The quantitative estimate of drug-likeness (QED) is 0.604. The van der Waals surface area contributed by atoms with Crippen molar-refractivity contribution in [2.45, 2.75) is 53.1 Å². The van der Waals surface area contributed by atoms with Crippen LogP contribution < -0.4 is 10.6 Å². The highest BCUT2D eigenvalue weighted by molar-refractivity contribution is 5.82. The van der Waals surface area contributed by atoms with Gasteiger partial charge in [-0.15, -0.1) is 0 Å². The molecule has 2 atom stereocenters. The molecule has 0 fully saturated rings. The lowest BCUT2D eigenvalue weighted by Crippen LogP contribution is -2.51. The van der Waals surface area contributed by atoms with Crippen LogP contribution in [0.2, 0.25) is 0 Å². The Bertz CT molecular complexity index is 306. The Kier molecular flexibility index (Phi) is 8.96. The van der Waals surface area contributed by atoms with Crippen LogP contribution in [0.1, 0.15) is 41.0 Å². The van der Waals surface area contributed by atoms with Gasteiger partial charge in [0.05, 0.1) is 12.6 Å². The first-order valence-electron chi connectivity index (χ1n) is 7.15. The van der Waals surface area contributed by atoms with Crippen molar-refractivity contribution >= 4 is 12.0 Å². The molecule has 0 saturated heterocycles. The third-order valence-corrected chi connectivity index (χ3v) is 2.93. The maximum atomic E-state index is 11.9. The Balaban J connectivity index is 4.44. The molecule has 20 heavy (non-hydrogen) atoms. The minimum Gasteiger partial charge on any atom is -0.480 e. The first-order chi connectivity index (χ1) is 9.27. The van der Waals surface area contributed by atoms with Crippen molar-refractivity contribution in [3.05, 3.63) is 0 Å². The predicted molar refractivity (Wildman–Crippen MR) is 77.7 cm³/mol. The predicted octanol–water partition coefficient (Wildman–Crippen LogP) is 1.85. The average Bonchev–Trinajstić information content (AvgIpc) is 2.32. The molecular weight excluding hydrogens is 260 g/mol. The zero-order valence-corrected chi connectivity index (χ0v) is 13.1. The fourth-order valence-corrected chi connectivity index (χ4v) is 1.71. The fraction of sp³-hybridized carbons (Fsp3) is 0.857. The summed E-state index contributed by atoms with van der Waals surface area (Å²) >= 11 is 0. The monoisotopic (exact) mass is 288 g/mol. The molecule has 0 saturated carbocycles. The van der Waals surface area contributed by atoms with E-state index in [-0.39, 0.29) is 17.9 Å². The lowest BCUT2D eigenvalue weighted by atomic mass is 10.0. The molecule has 1 unspecified atom stereocenters. The van der Waals surface area contributed by atoms with Gasteiger partial charge in [0.1, 0.15) is 6.04 Å². The summed E-state index contributed by atoms with van der Waals surface area (Å²) in [7, 11) is 0. The van der Waals surface area contributed by atoms with Gasteiger partial charge in [0.25, 0.3) is 0 Å². The average molecular weight is 288 g/mol. The normalized spacial score (nSPS) is 14.2. The molecule has 0 aliphatic heterocycles. The number of carbonyl (C=O) groups excluding carboxylic acids is 1. The van der Waals surface area contributed by atoms with E-state index in [1.165, 1.54) is 0 Å².